The molecule has 3 aromatic rings. The summed E-state index contributed by atoms with van der Waals surface area (Å²) in [6, 6.07) is 16.3. The molecule has 1 heterocycles. The first-order chi connectivity index (χ1) is 9.25. The van der Waals surface area contributed by atoms with E-state index in [1.54, 1.807) is 30.5 Å². The molecule has 0 unspecified atom stereocenters. The third kappa shape index (κ3) is 2.23. The third-order valence-electron chi connectivity index (χ3n) is 2.98. The number of fused-ring (bicyclic) bond motifs is 1. The van der Waals surface area contributed by atoms with Gasteiger partial charge in [0.1, 0.15) is 0 Å². The molecule has 3 rings (SSSR count). The summed E-state index contributed by atoms with van der Waals surface area (Å²) in [5.41, 5.74) is 2.05. The molecule has 92 valence electrons. The van der Waals surface area contributed by atoms with Crippen LogP contribution < -0.4 is 0 Å². The standard InChI is InChI=1S/C16H10ClNO/c17-12-5-1-4-11(10-12)16(19)14-6-2-8-15-13(14)7-3-9-18-15/h1-10H. The van der Waals surface area contributed by atoms with E-state index in [-0.39, 0.29) is 5.78 Å². The quantitative estimate of drug-likeness (QED) is 0.654. The van der Waals surface area contributed by atoms with E-state index in [0.29, 0.717) is 16.1 Å². The van der Waals surface area contributed by atoms with E-state index in [4.69, 9.17) is 11.6 Å². The van der Waals surface area contributed by atoms with Crippen LogP contribution in [-0.4, -0.2) is 10.8 Å². The molecule has 0 aliphatic rings. The molecule has 3 heteroatoms. The Balaban J connectivity index is 2.17. The Bertz CT molecular complexity index is 762. The van der Waals surface area contributed by atoms with Crippen LogP contribution in [-0.2, 0) is 0 Å². The van der Waals surface area contributed by atoms with Crippen LogP contribution >= 0.6 is 11.6 Å². The van der Waals surface area contributed by atoms with Crippen molar-refractivity contribution in [1.29, 1.82) is 0 Å². The van der Waals surface area contributed by atoms with Crippen LogP contribution in [0, 0.1) is 0 Å². The number of pyridine rings is 1. The Labute approximate surface area is 115 Å². The molecule has 0 atom stereocenters. The first-order valence-corrected chi connectivity index (χ1v) is 6.27. The van der Waals surface area contributed by atoms with Crippen molar-refractivity contribution in [2.45, 2.75) is 0 Å². The molecule has 0 saturated carbocycles. The lowest BCUT2D eigenvalue weighted by Crippen LogP contribution is -2.02. The van der Waals surface area contributed by atoms with E-state index in [9.17, 15) is 4.79 Å². The van der Waals surface area contributed by atoms with Crippen LogP contribution in [0.2, 0.25) is 5.02 Å². The van der Waals surface area contributed by atoms with Gasteiger partial charge in [0.05, 0.1) is 5.52 Å². The van der Waals surface area contributed by atoms with Crippen molar-refractivity contribution in [2.24, 2.45) is 0 Å². The molecular formula is C16H10ClNO. The van der Waals surface area contributed by atoms with Crippen LogP contribution in [0.4, 0.5) is 0 Å². The highest BCUT2D eigenvalue weighted by Crippen LogP contribution is 2.21. The molecule has 0 saturated heterocycles. The maximum Gasteiger partial charge on any atom is 0.193 e. The van der Waals surface area contributed by atoms with Gasteiger partial charge in [-0.1, -0.05) is 41.9 Å². The van der Waals surface area contributed by atoms with Gasteiger partial charge in [-0.05, 0) is 24.3 Å². The Morgan fingerprint density at radius 1 is 1.00 bits per heavy atom. The summed E-state index contributed by atoms with van der Waals surface area (Å²) in [5, 5.41) is 1.42. The maximum atomic E-state index is 12.5. The molecule has 2 nitrogen and oxygen atoms in total. The second-order valence-corrected chi connectivity index (χ2v) is 4.65. The van der Waals surface area contributed by atoms with Gasteiger partial charge in [0.25, 0.3) is 0 Å². The van der Waals surface area contributed by atoms with Gasteiger partial charge in [0, 0.05) is 27.7 Å². The molecule has 0 radical (unpaired) electrons. The molecule has 0 N–H and O–H groups in total. The van der Waals surface area contributed by atoms with E-state index >= 15 is 0 Å². The zero-order chi connectivity index (χ0) is 13.2. The number of nitrogens with zero attached hydrogens (tertiary/aromatic N) is 1. The van der Waals surface area contributed by atoms with Crippen molar-refractivity contribution < 1.29 is 4.79 Å². The average molecular weight is 268 g/mol. The minimum absolute atomic E-state index is 0.0406. The van der Waals surface area contributed by atoms with Crippen molar-refractivity contribution in [3.8, 4) is 0 Å². The normalized spacial score (nSPS) is 10.6. The van der Waals surface area contributed by atoms with Gasteiger partial charge in [-0.15, -0.1) is 0 Å². The number of ketones is 1. The van der Waals surface area contributed by atoms with E-state index in [2.05, 4.69) is 4.98 Å². The number of aromatic nitrogens is 1. The third-order valence-corrected chi connectivity index (χ3v) is 3.21. The molecular weight excluding hydrogens is 258 g/mol. The number of benzene rings is 2. The number of rotatable bonds is 2. The Morgan fingerprint density at radius 2 is 1.84 bits per heavy atom. The van der Waals surface area contributed by atoms with Gasteiger partial charge < -0.3 is 0 Å². The molecule has 2 aromatic carbocycles. The zero-order valence-electron chi connectivity index (χ0n) is 10.0. The smallest absolute Gasteiger partial charge is 0.193 e. The minimum atomic E-state index is -0.0406. The lowest BCUT2D eigenvalue weighted by Gasteiger charge is -2.05. The van der Waals surface area contributed by atoms with Crippen LogP contribution in [0.15, 0.2) is 60.8 Å². The fourth-order valence-corrected chi connectivity index (χ4v) is 2.28. The maximum absolute atomic E-state index is 12.5. The van der Waals surface area contributed by atoms with Gasteiger partial charge in [-0.2, -0.15) is 0 Å². The Kier molecular flexibility index (Phi) is 3.02. The minimum Gasteiger partial charge on any atom is -0.289 e. The first kappa shape index (κ1) is 11.9. The summed E-state index contributed by atoms with van der Waals surface area (Å²) < 4.78 is 0. The SMILES string of the molecule is O=C(c1cccc(Cl)c1)c1cccc2ncccc12. The van der Waals surface area contributed by atoms with Crippen LogP contribution in [0.5, 0.6) is 0 Å². The van der Waals surface area contributed by atoms with E-state index in [1.165, 1.54) is 0 Å². The summed E-state index contributed by atoms with van der Waals surface area (Å²) in [6.45, 7) is 0. The summed E-state index contributed by atoms with van der Waals surface area (Å²) in [7, 11) is 0. The lowest BCUT2D eigenvalue weighted by molar-refractivity contribution is 0.104. The Morgan fingerprint density at radius 3 is 2.68 bits per heavy atom. The average Bonchev–Trinajstić information content (AvgIpc) is 2.46. The summed E-state index contributed by atoms with van der Waals surface area (Å²) >= 11 is 5.93. The van der Waals surface area contributed by atoms with Gasteiger partial charge in [-0.25, -0.2) is 0 Å². The predicted octanol–water partition coefficient (Wildman–Crippen LogP) is 4.12. The monoisotopic (exact) mass is 267 g/mol. The molecule has 0 aliphatic carbocycles. The summed E-state index contributed by atoms with van der Waals surface area (Å²) in [5.74, 6) is -0.0406. The van der Waals surface area contributed by atoms with Crippen molar-refractivity contribution >= 4 is 28.3 Å². The molecule has 0 amide bonds. The van der Waals surface area contributed by atoms with E-state index < -0.39 is 0 Å². The summed E-state index contributed by atoms with van der Waals surface area (Å²) in [4.78, 5) is 16.8. The van der Waals surface area contributed by atoms with Crippen molar-refractivity contribution in [3.05, 3.63) is 76.9 Å². The topological polar surface area (TPSA) is 30.0 Å². The van der Waals surface area contributed by atoms with Crippen molar-refractivity contribution in [3.63, 3.8) is 0 Å². The second kappa shape index (κ2) is 4.82. The molecule has 0 bridgehead atoms. The van der Waals surface area contributed by atoms with Crippen LogP contribution in [0.1, 0.15) is 15.9 Å². The van der Waals surface area contributed by atoms with Crippen molar-refractivity contribution in [1.82, 2.24) is 4.98 Å². The molecule has 1 aromatic heterocycles. The molecule has 0 aliphatic heterocycles. The van der Waals surface area contributed by atoms with Gasteiger partial charge in [0.15, 0.2) is 5.78 Å². The first-order valence-electron chi connectivity index (χ1n) is 5.90. The summed E-state index contributed by atoms with van der Waals surface area (Å²) in [6.07, 6.45) is 1.72. The fraction of sp³-hybridized carbons (Fsp3) is 0. The zero-order valence-corrected chi connectivity index (χ0v) is 10.8. The number of carbonyl (C=O) groups excluding carboxylic acids is 1. The van der Waals surface area contributed by atoms with Gasteiger partial charge in [-0.3, -0.25) is 9.78 Å². The second-order valence-electron chi connectivity index (χ2n) is 4.22. The predicted molar refractivity (Wildman–Crippen MR) is 76.6 cm³/mol. The van der Waals surface area contributed by atoms with Crippen molar-refractivity contribution in [2.75, 3.05) is 0 Å². The highest BCUT2D eigenvalue weighted by Gasteiger charge is 2.12. The lowest BCUT2D eigenvalue weighted by atomic mass is 9.99. The highest BCUT2D eigenvalue weighted by molar-refractivity contribution is 6.31. The van der Waals surface area contributed by atoms with E-state index in [1.807, 2.05) is 30.3 Å². The number of carbonyl (C=O) groups is 1. The molecule has 0 fully saturated rings. The number of hydrogen-bond acceptors (Lipinski definition) is 2. The van der Waals surface area contributed by atoms with Gasteiger partial charge >= 0.3 is 0 Å². The van der Waals surface area contributed by atoms with E-state index in [0.717, 1.165) is 10.9 Å². The fourth-order valence-electron chi connectivity index (χ4n) is 2.09. The highest BCUT2D eigenvalue weighted by atomic mass is 35.5. The van der Waals surface area contributed by atoms with Gasteiger partial charge in [0.2, 0.25) is 0 Å². The largest absolute Gasteiger partial charge is 0.289 e. The molecule has 0 spiro atoms. The van der Waals surface area contributed by atoms with Crippen LogP contribution in [0.3, 0.4) is 0 Å². The molecule has 19 heavy (non-hydrogen) atoms. The Hall–Kier alpha value is -2.19. The van der Waals surface area contributed by atoms with Crippen LogP contribution in [0.25, 0.3) is 10.9 Å². The number of hydrogen-bond donors (Lipinski definition) is 0. The number of halogens is 1.